The van der Waals surface area contributed by atoms with Crippen LogP contribution in [0.25, 0.3) is 77.9 Å². The minimum Gasteiger partial charge on any atom is -0.456 e. The lowest BCUT2D eigenvalue weighted by Gasteiger charge is -2.35. The highest BCUT2D eigenvalue weighted by Gasteiger charge is 2.35. The first-order chi connectivity index (χ1) is 31.1. The summed E-state index contributed by atoms with van der Waals surface area (Å²) in [4.78, 5) is 0. The largest absolute Gasteiger partial charge is 0.456 e. The SMILES string of the molecule is [2H]C([2H])([2H])C1(C([2H])([2H])[2H])c2ccccc2Oc2c(-c3cccc(-c4c(-c5ccccc5)c(-c5ccccc5)c(-c5ccccc5)c(-c5ccccc5)c4-c4ccccc4)c3)cccc21. The predicted molar refractivity (Wildman–Crippen MR) is 243 cm³/mol. The molecule has 276 valence electrons. The maximum absolute atomic E-state index is 8.90. The predicted octanol–water partition coefficient (Wildman–Crippen LogP) is 15.8. The Balaban J connectivity index is 1.36. The number of benzene rings is 9. The van der Waals surface area contributed by atoms with Gasteiger partial charge in [0, 0.05) is 30.3 Å². The number of hydrogen-bond acceptors (Lipinski definition) is 1. The number of hydrogen-bond donors (Lipinski definition) is 0. The number of ether oxygens (including phenoxy) is 1. The second-order valence-corrected chi connectivity index (χ2v) is 14.7. The van der Waals surface area contributed by atoms with E-state index in [0.717, 1.165) is 72.3 Å². The molecule has 0 N–H and O–H groups in total. The summed E-state index contributed by atoms with van der Waals surface area (Å²) >= 11 is 0. The molecule has 0 unspecified atom stereocenters. The zero-order valence-corrected chi connectivity index (χ0v) is 31.7. The third-order valence-corrected chi connectivity index (χ3v) is 11.2. The Bertz CT molecular complexity index is 3010. The minimum atomic E-state index is -2.95. The van der Waals surface area contributed by atoms with E-state index in [1.165, 1.54) is 0 Å². The van der Waals surface area contributed by atoms with E-state index in [9.17, 15) is 0 Å². The molecule has 0 atom stereocenters. The molecule has 0 saturated heterocycles. The van der Waals surface area contributed by atoms with Gasteiger partial charge in [0.15, 0.2) is 0 Å². The molecule has 1 heteroatoms. The fraction of sp³-hybridized carbons (Fsp3) is 0.0526. The van der Waals surface area contributed by atoms with Crippen molar-refractivity contribution >= 4 is 0 Å². The van der Waals surface area contributed by atoms with Crippen LogP contribution in [-0.2, 0) is 5.41 Å². The van der Waals surface area contributed by atoms with Gasteiger partial charge >= 0.3 is 0 Å². The molecule has 1 aliphatic heterocycles. The molecule has 0 fully saturated rings. The Kier molecular flexibility index (Phi) is 7.37. The molecule has 58 heavy (non-hydrogen) atoms. The second kappa shape index (κ2) is 14.7. The van der Waals surface area contributed by atoms with Gasteiger partial charge < -0.3 is 4.74 Å². The summed E-state index contributed by atoms with van der Waals surface area (Å²) in [5.74, 6) is 0.423. The van der Waals surface area contributed by atoms with Crippen LogP contribution in [0.1, 0.15) is 33.1 Å². The van der Waals surface area contributed by atoms with Crippen molar-refractivity contribution in [2.24, 2.45) is 0 Å². The van der Waals surface area contributed by atoms with Gasteiger partial charge in [-0.25, -0.2) is 0 Å². The van der Waals surface area contributed by atoms with Crippen molar-refractivity contribution < 1.29 is 13.0 Å². The van der Waals surface area contributed by atoms with E-state index < -0.39 is 19.1 Å². The molecule has 0 aromatic heterocycles. The fourth-order valence-electron chi connectivity index (χ4n) is 8.64. The normalized spacial score (nSPS) is 14.6. The Morgan fingerprint density at radius 2 is 0.672 bits per heavy atom. The van der Waals surface area contributed by atoms with Crippen molar-refractivity contribution in [2.45, 2.75) is 19.1 Å². The zero-order chi connectivity index (χ0) is 44.1. The average Bonchev–Trinajstić information content (AvgIpc) is 3.32. The van der Waals surface area contributed by atoms with E-state index in [1.54, 1.807) is 36.4 Å². The molecule has 0 saturated carbocycles. The van der Waals surface area contributed by atoms with E-state index in [4.69, 9.17) is 13.0 Å². The fourth-order valence-corrected chi connectivity index (χ4v) is 8.64. The average molecular weight is 749 g/mol. The minimum absolute atomic E-state index is 0.106. The lowest BCUT2D eigenvalue weighted by Crippen LogP contribution is -2.24. The van der Waals surface area contributed by atoms with Gasteiger partial charge in [0.05, 0.1) is 0 Å². The van der Waals surface area contributed by atoms with Crippen LogP contribution in [0, 0.1) is 0 Å². The molecule has 0 radical (unpaired) electrons. The smallest absolute Gasteiger partial charge is 0.139 e. The molecule has 0 aliphatic carbocycles. The van der Waals surface area contributed by atoms with Crippen LogP contribution in [0.3, 0.4) is 0 Å². The van der Waals surface area contributed by atoms with Gasteiger partial charge in [-0.3, -0.25) is 0 Å². The van der Waals surface area contributed by atoms with Gasteiger partial charge in [-0.2, -0.15) is 0 Å². The lowest BCUT2D eigenvalue weighted by molar-refractivity contribution is 0.419. The summed E-state index contributed by atoms with van der Waals surface area (Å²) < 4.78 is 60.1. The van der Waals surface area contributed by atoms with Crippen LogP contribution in [0.4, 0.5) is 0 Å². The maximum Gasteiger partial charge on any atom is 0.139 e. The van der Waals surface area contributed by atoms with Gasteiger partial charge in [-0.05, 0) is 84.5 Å². The van der Waals surface area contributed by atoms with Crippen molar-refractivity contribution in [2.75, 3.05) is 0 Å². The first-order valence-corrected chi connectivity index (χ1v) is 19.6. The van der Waals surface area contributed by atoms with E-state index in [0.29, 0.717) is 5.56 Å². The van der Waals surface area contributed by atoms with E-state index >= 15 is 0 Å². The van der Waals surface area contributed by atoms with Crippen molar-refractivity contribution in [3.8, 4) is 89.4 Å². The number of fused-ring (bicyclic) bond motifs is 2. The highest BCUT2D eigenvalue weighted by Crippen LogP contribution is 2.57. The first kappa shape index (κ1) is 29.1. The molecule has 9 aromatic rings. The van der Waals surface area contributed by atoms with Gasteiger partial charge in [0.25, 0.3) is 0 Å². The Labute approximate surface area is 350 Å². The number of para-hydroxylation sites is 2. The van der Waals surface area contributed by atoms with Crippen molar-refractivity contribution in [3.63, 3.8) is 0 Å². The van der Waals surface area contributed by atoms with Crippen molar-refractivity contribution in [1.82, 2.24) is 0 Å². The molecule has 0 amide bonds. The van der Waals surface area contributed by atoms with Crippen LogP contribution in [0.2, 0.25) is 0 Å². The van der Waals surface area contributed by atoms with Crippen LogP contribution in [0.5, 0.6) is 11.5 Å². The second-order valence-electron chi connectivity index (χ2n) is 14.7. The molecule has 0 bridgehead atoms. The Morgan fingerprint density at radius 1 is 0.328 bits per heavy atom. The first-order valence-electron chi connectivity index (χ1n) is 22.6. The molecule has 9 aromatic carbocycles. The molecule has 1 heterocycles. The molecule has 0 spiro atoms. The van der Waals surface area contributed by atoms with Crippen molar-refractivity contribution in [1.29, 1.82) is 0 Å². The lowest BCUT2D eigenvalue weighted by atomic mass is 9.73. The molecule has 1 nitrogen and oxygen atoms in total. The summed E-state index contributed by atoms with van der Waals surface area (Å²) in [6.45, 7) is -5.91. The summed E-state index contributed by atoms with van der Waals surface area (Å²) in [6.07, 6.45) is 0. The summed E-state index contributed by atoms with van der Waals surface area (Å²) in [5.41, 5.74) is 11.7. The molecular weight excluding hydrogens is 701 g/mol. The summed E-state index contributed by atoms with van der Waals surface area (Å²) in [5, 5.41) is 0. The topological polar surface area (TPSA) is 9.23 Å². The van der Waals surface area contributed by atoms with Gasteiger partial charge in [-0.1, -0.05) is 220 Å². The van der Waals surface area contributed by atoms with Crippen LogP contribution in [0.15, 0.2) is 218 Å². The molecule has 10 rings (SSSR count). The van der Waals surface area contributed by atoms with Gasteiger partial charge in [-0.15, -0.1) is 0 Å². The highest BCUT2D eigenvalue weighted by atomic mass is 16.5. The molecule has 1 aliphatic rings. The Hall–Kier alpha value is -7.22. The highest BCUT2D eigenvalue weighted by molar-refractivity contribution is 6.15. The van der Waals surface area contributed by atoms with Crippen LogP contribution in [-0.4, -0.2) is 0 Å². The standard InChI is InChI=1S/C57H42O/c1-57(2)47-35-18-19-37-49(47)58-56-46(34-21-36-48(56)57)44-32-20-33-45(38-44)55-53(42-28-14-6-15-29-42)51(40-24-10-4-11-25-40)50(39-22-8-3-9-23-39)52(41-26-12-5-13-27-41)54(55)43-30-16-7-17-31-43/h3-38H,1-2H3/i1D3,2D3. The van der Waals surface area contributed by atoms with E-state index in [1.807, 2.05) is 42.5 Å². The van der Waals surface area contributed by atoms with Crippen molar-refractivity contribution in [3.05, 3.63) is 230 Å². The Morgan fingerprint density at radius 3 is 1.12 bits per heavy atom. The monoisotopic (exact) mass is 748 g/mol. The van der Waals surface area contributed by atoms with Crippen LogP contribution >= 0.6 is 0 Å². The third kappa shape index (κ3) is 6.04. The quantitative estimate of drug-likeness (QED) is 0.158. The van der Waals surface area contributed by atoms with Gasteiger partial charge in [0.2, 0.25) is 0 Å². The maximum atomic E-state index is 8.90. The summed E-state index contributed by atoms with van der Waals surface area (Å²) in [6, 6.07) is 72.9. The molecular formula is C57H42O. The number of rotatable bonds is 7. The van der Waals surface area contributed by atoms with E-state index in [-0.39, 0.29) is 22.6 Å². The zero-order valence-electron chi connectivity index (χ0n) is 37.7. The third-order valence-electron chi connectivity index (χ3n) is 11.2. The summed E-state index contributed by atoms with van der Waals surface area (Å²) in [7, 11) is 0. The van der Waals surface area contributed by atoms with Gasteiger partial charge in [0.1, 0.15) is 11.5 Å². The van der Waals surface area contributed by atoms with Crippen LogP contribution < -0.4 is 4.74 Å². The van der Waals surface area contributed by atoms with E-state index in [2.05, 4.69) is 140 Å².